The first-order chi connectivity index (χ1) is 15.1. The van der Waals surface area contributed by atoms with Crippen molar-refractivity contribution in [3.63, 3.8) is 0 Å². The average Bonchev–Trinajstić information content (AvgIpc) is 3.29. The summed E-state index contributed by atoms with van der Waals surface area (Å²) in [5.74, 6) is -0.260. The molecule has 162 valence electrons. The van der Waals surface area contributed by atoms with Crippen molar-refractivity contribution in [2.45, 2.75) is 39.2 Å². The van der Waals surface area contributed by atoms with Crippen molar-refractivity contribution < 1.29 is 9.21 Å². The summed E-state index contributed by atoms with van der Waals surface area (Å²) in [4.78, 5) is 33.3. The van der Waals surface area contributed by atoms with E-state index < -0.39 is 6.04 Å². The van der Waals surface area contributed by atoms with Crippen molar-refractivity contribution in [3.8, 4) is 0 Å². The van der Waals surface area contributed by atoms with Gasteiger partial charge in [-0.3, -0.25) is 14.5 Å². The van der Waals surface area contributed by atoms with Crippen LogP contribution in [0.4, 0.5) is 5.13 Å². The topological polar surface area (TPSA) is 63.4 Å². The first-order valence-electron chi connectivity index (χ1n) is 10.3. The number of carbonyl (C=O) groups is 1. The summed E-state index contributed by atoms with van der Waals surface area (Å²) < 4.78 is 6.78. The van der Waals surface area contributed by atoms with E-state index in [0.29, 0.717) is 21.7 Å². The molecule has 5 rings (SSSR count). The molecular weight excluding hydrogens is 488 g/mol. The molecule has 2 aromatic carbocycles. The van der Waals surface area contributed by atoms with E-state index in [1.165, 1.54) is 16.9 Å². The SMILES string of the molecule is Cc1csc(N2C(=O)c3oc4ccc(Br)cc4c(=O)c3[C@@H]2c2ccc(C(C)(C)C)cc2)n1. The summed E-state index contributed by atoms with van der Waals surface area (Å²) in [5, 5.41) is 2.89. The first kappa shape index (κ1) is 21.1. The van der Waals surface area contributed by atoms with Crippen molar-refractivity contribution >= 4 is 49.3 Å². The molecule has 1 aliphatic rings. The lowest BCUT2D eigenvalue weighted by atomic mass is 9.86. The lowest BCUT2D eigenvalue weighted by Gasteiger charge is -2.24. The van der Waals surface area contributed by atoms with Crippen LogP contribution in [-0.2, 0) is 5.41 Å². The van der Waals surface area contributed by atoms with Crippen LogP contribution in [-0.4, -0.2) is 10.9 Å². The first-order valence-corrected chi connectivity index (χ1v) is 11.9. The van der Waals surface area contributed by atoms with Gasteiger partial charge in [0.15, 0.2) is 10.6 Å². The van der Waals surface area contributed by atoms with Gasteiger partial charge in [0.1, 0.15) is 5.58 Å². The highest BCUT2D eigenvalue weighted by Gasteiger charge is 2.44. The quantitative estimate of drug-likeness (QED) is 0.315. The minimum atomic E-state index is -0.600. The molecule has 1 amide bonds. The highest BCUT2D eigenvalue weighted by Crippen LogP contribution is 2.42. The number of aromatic nitrogens is 1. The van der Waals surface area contributed by atoms with Gasteiger partial charge in [-0.15, -0.1) is 11.3 Å². The van der Waals surface area contributed by atoms with Gasteiger partial charge in [-0.2, -0.15) is 0 Å². The molecule has 5 nitrogen and oxygen atoms in total. The number of benzene rings is 2. The van der Waals surface area contributed by atoms with Crippen LogP contribution in [0.25, 0.3) is 11.0 Å². The Labute approximate surface area is 197 Å². The van der Waals surface area contributed by atoms with Gasteiger partial charge in [0, 0.05) is 9.85 Å². The number of halogens is 1. The largest absolute Gasteiger partial charge is 0.450 e. The molecule has 0 fully saturated rings. The van der Waals surface area contributed by atoms with Gasteiger partial charge in [0.25, 0.3) is 5.91 Å². The Morgan fingerprint density at radius 1 is 1.09 bits per heavy atom. The maximum absolute atomic E-state index is 13.6. The Morgan fingerprint density at radius 2 is 1.81 bits per heavy atom. The summed E-state index contributed by atoms with van der Waals surface area (Å²) in [6, 6.07) is 12.7. The molecule has 32 heavy (non-hydrogen) atoms. The maximum atomic E-state index is 13.6. The molecule has 0 bridgehead atoms. The fourth-order valence-electron chi connectivity index (χ4n) is 4.08. The third-order valence-corrected chi connectivity index (χ3v) is 7.19. The molecule has 2 aromatic heterocycles. The summed E-state index contributed by atoms with van der Waals surface area (Å²) in [7, 11) is 0. The van der Waals surface area contributed by atoms with Crippen molar-refractivity contribution in [3.05, 3.63) is 90.7 Å². The molecule has 0 spiro atoms. The number of rotatable bonds is 2. The summed E-state index contributed by atoms with van der Waals surface area (Å²) in [5.41, 5.74) is 3.40. The number of carbonyl (C=O) groups excluding carboxylic acids is 1. The zero-order chi connectivity index (χ0) is 22.8. The van der Waals surface area contributed by atoms with E-state index >= 15 is 0 Å². The number of thiazole rings is 1. The molecule has 0 aliphatic carbocycles. The Balaban J connectivity index is 1.77. The number of amides is 1. The van der Waals surface area contributed by atoms with E-state index in [1.54, 1.807) is 23.1 Å². The fraction of sp³-hybridized carbons (Fsp3) is 0.240. The van der Waals surface area contributed by atoms with Crippen LogP contribution in [0.5, 0.6) is 0 Å². The average molecular weight is 509 g/mol. The van der Waals surface area contributed by atoms with Gasteiger partial charge in [-0.1, -0.05) is 61.0 Å². The molecule has 7 heteroatoms. The zero-order valence-corrected chi connectivity index (χ0v) is 20.5. The number of aryl methyl sites for hydroxylation is 1. The number of nitrogens with zero attached hydrogens (tertiary/aromatic N) is 2. The summed E-state index contributed by atoms with van der Waals surface area (Å²) in [6.45, 7) is 8.34. The van der Waals surface area contributed by atoms with Crippen LogP contribution in [0.2, 0.25) is 0 Å². The Bertz CT molecular complexity index is 1430. The van der Waals surface area contributed by atoms with E-state index in [4.69, 9.17) is 4.42 Å². The standard InChI is InChI=1S/C25H21BrN2O3S/c1-13-12-32-24(27-13)28-20(14-5-7-15(8-6-14)25(2,3)4)19-21(29)17-11-16(26)9-10-18(17)31-22(19)23(28)30/h5-12,20H,1-4H3/t20-/m0/s1. The molecule has 0 N–H and O–H groups in total. The molecule has 0 saturated carbocycles. The highest BCUT2D eigenvalue weighted by molar-refractivity contribution is 9.10. The van der Waals surface area contributed by atoms with Crippen LogP contribution < -0.4 is 10.3 Å². The van der Waals surface area contributed by atoms with Crippen LogP contribution in [0, 0.1) is 6.92 Å². The molecule has 1 aliphatic heterocycles. The predicted molar refractivity (Wildman–Crippen MR) is 131 cm³/mol. The van der Waals surface area contributed by atoms with Crippen molar-refractivity contribution in [2.75, 3.05) is 4.90 Å². The van der Waals surface area contributed by atoms with E-state index in [1.807, 2.05) is 24.4 Å². The molecule has 0 unspecified atom stereocenters. The minimum Gasteiger partial charge on any atom is -0.450 e. The predicted octanol–water partition coefficient (Wildman–Crippen LogP) is 6.37. The van der Waals surface area contributed by atoms with Gasteiger partial charge in [-0.05, 0) is 41.7 Å². The lowest BCUT2D eigenvalue weighted by molar-refractivity contribution is 0.0971. The monoisotopic (exact) mass is 508 g/mol. The van der Waals surface area contributed by atoms with Crippen LogP contribution >= 0.6 is 27.3 Å². The van der Waals surface area contributed by atoms with E-state index in [2.05, 4.69) is 53.8 Å². The van der Waals surface area contributed by atoms with Gasteiger partial charge in [-0.25, -0.2) is 4.98 Å². The minimum absolute atomic E-state index is 0.00442. The number of anilines is 1. The van der Waals surface area contributed by atoms with E-state index in [0.717, 1.165) is 15.7 Å². The normalized spacial score (nSPS) is 16.1. The third-order valence-electron chi connectivity index (χ3n) is 5.74. The number of hydrogen-bond donors (Lipinski definition) is 0. The van der Waals surface area contributed by atoms with Gasteiger partial charge < -0.3 is 4.42 Å². The molecular formula is C25H21BrN2O3S. The molecule has 3 heterocycles. The Kier molecular flexibility index (Phi) is 4.87. The van der Waals surface area contributed by atoms with Gasteiger partial charge in [0.05, 0.1) is 22.7 Å². The number of hydrogen-bond acceptors (Lipinski definition) is 5. The van der Waals surface area contributed by atoms with Gasteiger partial charge >= 0.3 is 0 Å². The van der Waals surface area contributed by atoms with Gasteiger partial charge in [0.2, 0.25) is 5.76 Å². The second-order valence-corrected chi connectivity index (χ2v) is 10.8. The fourth-order valence-corrected chi connectivity index (χ4v) is 5.26. The second-order valence-electron chi connectivity index (χ2n) is 9.04. The second kappa shape index (κ2) is 7.39. The molecule has 1 atom stereocenters. The maximum Gasteiger partial charge on any atom is 0.297 e. The van der Waals surface area contributed by atoms with Crippen LogP contribution in [0.3, 0.4) is 0 Å². The van der Waals surface area contributed by atoms with Crippen LogP contribution in [0.15, 0.2) is 61.5 Å². The van der Waals surface area contributed by atoms with Crippen LogP contribution in [0.1, 0.15) is 59.8 Å². The van der Waals surface area contributed by atoms with E-state index in [9.17, 15) is 9.59 Å². The smallest absolute Gasteiger partial charge is 0.297 e. The molecule has 0 saturated heterocycles. The Morgan fingerprint density at radius 3 is 2.44 bits per heavy atom. The van der Waals surface area contributed by atoms with E-state index in [-0.39, 0.29) is 22.5 Å². The Hall–Kier alpha value is -2.77. The van der Waals surface area contributed by atoms with Crippen molar-refractivity contribution in [2.24, 2.45) is 0 Å². The summed E-state index contributed by atoms with van der Waals surface area (Å²) in [6.07, 6.45) is 0. The summed E-state index contributed by atoms with van der Waals surface area (Å²) >= 11 is 4.81. The van der Waals surface area contributed by atoms with Crippen molar-refractivity contribution in [1.29, 1.82) is 0 Å². The third kappa shape index (κ3) is 3.31. The molecule has 0 radical (unpaired) electrons. The number of fused-ring (bicyclic) bond motifs is 2. The highest BCUT2D eigenvalue weighted by atomic mass is 79.9. The van der Waals surface area contributed by atoms with Crippen molar-refractivity contribution in [1.82, 2.24) is 4.98 Å². The lowest BCUT2D eigenvalue weighted by Crippen LogP contribution is -2.29. The molecule has 4 aromatic rings. The zero-order valence-electron chi connectivity index (χ0n) is 18.1.